The van der Waals surface area contributed by atoms with E-state index in [1.54, 1.807) is 143 Å². The average molecular weight is 1860 g/mol. The van der Waals surface area contributed by atoms with Gasteiger partial charge in [-0.05, 0) is 107 Å². The SMILES string of the molecule is CCC(C)C(NC(=O)C(Cc1ccccc1)NC(=O)C(C)C(OC)C1CCCN1C(=O)CC(OC)C(C(C)CC)N(C)C(=O)C(NC(=O)C(C(C)C)N(C)C(=O)OCc1ccc(NC(=O)C(CCCNC(N)=O)NC(=O)C(NC(=O)OCC2c3ccccc3-c3ccccc32)C(C)C)cc1)C(C)C)C(=O)NC(C(=O)NC(COC1OC(CO)C(O)C(O)C1NC(C)=O)C(=O)O)C(C)C. The quantitative estimate of drug-likeness (QED) is 0.0266. The standard InChI is InChI=1S/C95H140N14O24/c1-19-54(11)76(88(120)103-73(50(3)4)86(118)102-68(91(123)124)49-130-92-77(98-57(14)111)81(114)80(113)71(46-110)133-92)105-85(117)67(44-58-30-22-21-23-31-58)101-83(115)56(13)82(129-18)69-37-29-43-109(69)72(112)45-70(128-17)79(55(12)20-2)107(15)90(122)75(52(7)8)104-89(121)78(53(9)10)108(16)95(127)132-47-59-38-40-60(41-39-59)99-84(116)66(36-28-42-97-93(96)125)100-87(119)74(51(5)6)106-94(126)131-48-65-63-34-26-24-32-61(63)62-33-25-27-35-64(62)65/h21-27,30-35,38-41,50-56,65-71,73-82,92,110,113-114H,19-20,28-29,36-37,42-49H2,1-18H3,(H,98,111)(H,99,116)(H,100,119)(H,101,115)(H,102,118)(H,103,120)(H,104,121)(H,105,117)(H,106,126)(H,123,124)(H3,96,97,125). The molecule has 2 aliphatic heterocycles. The van der Waals surface area contributed by atoms with Crippen molar-refractivity contribution in [1.29, 1.82) is 0 Å². The van der Waals surface area contributed by atoms with Crippen LogP contribution in [0.2, 0.25) is 0 Å². The van der Waals surface area contributed by atoms with Crippen LogP contribution in [-0.4, -0.2) is 283 Å². The number of likely N-dealkylation sites (tertiary alicyclic amines) is 1. The number of benzene rings is 4. The molecule has 7 rings (SSSR count). The van der Waals surface area contributed by atoms with E-state index in [2.05, 4.69) is 53.2 Å². The number of amides is 14. The van der Waals surface area contributed by atoms with Crippen LogP contribution >= 0.6 is 0 Å². The first kappa shape index (κ1) is 109. The molecule has 0 spiro atoms. The number of likely N-dealkylation sites (N-methyl/N-ethyl adjacent to an activating group) is 2. The number of aliphatic carboxylic acids is 1. The molecule has 734 valence electrons. The first-order valence-corrected chi connectivity index (χ1v) is 45.7. The van der Waals surface area contributed by atoms with E-state index in [-0.39, 0.29) is 69.7 Å². The van der Waals surface area contributed by atoms with E-state index in [0.717, 1.165) is 34.1 Å². The van der Waals surface area contributed by atoms with Crippen LogP contribution in [0.15, 0.2) is 103 Å². The number of anilines is 1. The molecule has 0 bridgehead atoms. The van der Waals surface area contributed by atoms with Crippen molar-refractivity contribution in [1.82, 2.24) is 62.6 Å². The van der Waals surface area contributed by atoms with Crippen LogP contribution in [0, 0.1) is 41.4 Å². The van der Waals surface area contributed by atoms with Crippen LogP contribution in [0.3, 0.4) is 0 Å². The van der Waals surface area contributed by atoms with E-state index in [9.17, 15) is 78.0 Å². The minimum absolute atomic E-state index is 0.00793. The summed E-state index contributed by atoms with van der Waals surface area (Å²) < 4.78 is 35.0. The summed E-state index contributed by atoms with van der Waals surface area (Å²) in [5.74, 6) is -12.6. The molecule has 38 nitrogen and oxygen atoms in total. The van der Waals surface area contributed by atoms with Crippen molar-refractivity contribution in [3.05, 3.63) is 125 Å². The third kappa shape index (κ3) is 29.8. The van der Waals surface area contributed by atoms with Crippen LogP contribution in [0.1, 0.15) is 170 Å². The number of carboxylic acids is 1. The number of hydrogen-bond acceptors (Lipinski definition) is 23. The number of alkyl carbamates (subject to hydrolysis) is 1. The van der Waals surface area contributed by atoms with Gasteiger partial charge in [0.25, 0.3) is 0 Å². The number of carboxylic acid groups (broad SMARTS) is 1. The summed E-state index contributed by atoms with van der Waals surface area (Å²) in [6.07, 6.45) is -8.18. The second-order valence-corrected chi connectivity index (χ2v) is 36.1. The highest BCUT2D eigenvalue weighted by atomic mass is 16.7. The number of primary amides is 1. The van der Waals surface area contributed by atoms with Crippen molar-refractivity contribution in [3.63, 3.8) is 0 Å². The van der Waals surface area contributed by atoms with Gasteiger partial charge < -0.3 is 118 Å². The Labute approximate surface area is 778 Å². The Hall–Kier alpha value is -11.4. The number of nitrogens with one attached hydrogen (secondary N) is 10. The van der Waals surface area contributed by atoms with Crippen molar-refractivity contribution in [3.8, 4) is 11.1 Å². The summed E-state index contributed by atoms with van der Waals surface area (Å²) >= 11 is 0. The zero-order valence-corrected chi connectivity index (χ0v) is 79.5. The maximum Gasteiger partial charge on any atom is 0.410 e. The number of urea groups is 1. The summed E-state index contributed by atoms with van der Waals surface area (Å²) in [6.45, 7) is 22.2. The van der Waals surface area contributed by atoms with Gasteiger partial charge in [-0.3, -0.25) is 52.8 Å². The predicted octanol–water partition coefficient (Wildman–Crippen LogP) is 4.70. The Morgan fingerprint density at radius 1 is 0.586 bits per heavy atom. The number of nitrogens with two attached hydrogens (primary N) is 1. The van der Waals surface area contributed by atoms with Gasteiger partial charge in [0.15, 0.2) is 12.3 Å². The predicted molar refractivity (Wildman–Crippen MR) is 491 cm³/mol. The highest BCUT2D eigenvalue weighted by molar-refractivity contribution is 5.99. The molecule has 14 amide bonds. The van der Waals surface area contributed by atoms with E-state index in [1.165, 1.54) is 26.2 Å². The van der Waals surface area contributed by atoms with Crippen molar-refractivity contribution < 1.29 is 116 Å². The van der Waals surface area contributed by atoms with E-state index in [0.29, 0.717) is 42.5 Å². The first-order chi connectivity index (χ1) is 63.0. The Morgan fingerprint density at radius 2 is 1.14 bits per heavy atom. The maximum atomic E-state index is 15.1. The summed E-state index contributed by atoms with van der Waals surface area (Å²) in [4.78, 5) is 199. The number of fused-ring (bicyclic) bond motifs is 3. The number of ether oxygens (including phenoxy) is 6. The second-order valence-electron chi connectivity index (χ2n) is 36.1. The molecular formula is C95H140N14O24. The van der Waals surface area contributed by atoms with Crippen LogP contribution in [-0.2, 0) is 94.2 Å². The van der Waals surface area contributed by atoms with Gasteiger partial charge in [0, 0.05) is 66.4 Å². The Morgan fingerprint density at radius 3 is 1.69 bits per heavy atom. The van der Waals surface area contributed by atoms with Crippen molar-refractivity contribution in [2.75, 3.05) is 66.5 Å². The monoisotopic (exact) mass is 1860 g/mol. The molecule has 1 aliphatic carbocycles. The van der Waals surface area contributed by atoms with Crippen LogP contribution in [0.25, 0.3) is 11.1 Å². The Balaban J connectivity index is 0.961. The van der Waals surface area contributed by atoms with Crippen LogP contribution < -0.4 is 58.9 Å². The average Bonchev–Trinajstić information content (AvgIpc) is 1.62. The van der Waals surface area contributed by atoms with Gasteiger partial charge in [0.05, 0.1) is 49.8 Å². The highest BCUT2D eigenvalue weighted by Gasteiger charge is 2.49. The Kier molecular flexibility index (Phi) is 42.2. The zero-order valence-electron chi connectivity index (χ0n) is 79.5. The molecule has 4 aromatic rings. The number of hydrogen-bond donors (Lipinski definition) is 15. The van der Waals surface area contributed by atoms with Gasteiger partial charge >= 0.3 is 24.2 Å². The lowest BCUT2D eigenvalue weighted by Gasteiger charge is -2.42. The zero-order chi connectivity index (χ0) is 98.5. The maximum absolute atomic E-state index is 15.1. The summed E-state index contributed by atoms with van der Waals surface area (Å²) in [5.41, 5.74) is 10.9. The summed E-state index contributed by atoms with van der Waals surface area (Å²) in [5, 5.41) is 68.1. The molecule has 3 aliphatic rings. The van der Waals surface area contributed by atoms with Gasteiger partial charge in [-0.25, -0.2) is 19.2 Å². The smallest absolute Gasteiger partial charge is 0.410 e. The normalized spacial score (nSPS) is 19.6. The number of nitrogens with zero attached hydrogens (tertiary/aromatic N) is 3. The molecule has 16 N–H and O–H groups in total. The molecule has 2 saturated heterocycles. The fourth-order valence-electron chi connectivity index (χ4n) is 17.2. The fourth-order valence-corrected chi connectivity index (χ4v) is 17.2. The molecular weight excluding hydrogens is 1720 g/mol. The molecule has 20 atom stereocenters. The second kappa shape index (κ2) is 51.7. The number of methoxy groups -OCH3 is 2. The molecule has 0 saturated carbocycles. The van der Waals surface area contributed by atoms with E-state index in [4.69, 9.17) is 34.2 Å². The number of carbonyl (C=O) groups is 14. The van der Waals surface area contributed by atoms with Crippen LogP contribution in [0.4, 0.5) is 20.1 Å². The first-order valence-electron chi connectivity index (χ1n) is 45.7. The summed E-state index contributed by atoms with van der Waals surface area (Å²) in [7, 11) is 5.85. The van der Waals surface area contributed by atoms with E-state index >= 15 is 9.59 Å². The van der Waals surface area contributed by atoms with E-state index < -0.39 is 229 Å². The van der Waals surface area contributed by atoms with E-state index in [1.807, 2.05) is 62.4 Å². The molecule has 0 radical (unpaired) electrons. The van der Waals surface area contributed by atoms with Crippen molar-refractivity contribution >= 4 is 88.9 Å². The third-order valence-corrected chi connectivity index (χ3v) is 25.1. The van der Waals surface area contributed by atoms with Crippen molar-refractivity contribution in [2.45, 2.75) is 264 Å². The molecule has 4 aromatic carbocycles. The Bertz CT molecular complexity index is 4540. The molecule has 20 unspecified atom stereocenters. The number of aliphatic hydroxyl groups excluding tert-OH is 3. The number of carbonyl (C=O) groups excluding carboxylic acids is 13. The number of rotatable bonds is 49. The van der Waals surface area contributed by atoms with Gasteiger partial charge in [0.1, 0.15) is 79.9 Å². The molecule has 0 aromatic heterocycles. The molecule has 38 heteroatoms. The highest BCUT2D eigenvalue weighted by Crippen LogP contribution is 2.45. The topological polar surface area (TPSA) is 531 Å². The number of aliphatic hydroxyl groups is 3. The molecule has 2 fully saturated rings. The minimum atomic E-state index is -1.82. The van der Waals surface area contributed by atoms with Gasteiger partial charge in [0.2, 0.25) is 59.1 Å². The lowest BCUT2D eigenvalue weighted by atomic mass is 9.89. The lowest BCUT2D eigenvalue weighted by molar-refractivity contribution is -0.271. The van der Waals surface area contributed by atoms with Gasteiger partial charge in [-0.1, -0.05) is 194 Å². The largest absolute Gasteiger partial charge is 0.480 e. The van der Waals surface area contributed by atoms with Gasteiger partial charge in [-0.15, -0.1) is 0 Å². The minimum Gasteiger partial charge on any atom is -0.480 e. The molecule has 133 heavy (non-hydrogen) atoms. The van der Waals surface area contributed by atoms with Gasteiger partial charge in [-0.2, -0.15) is 0 Å². The lowest BCUT2D eigenvalue weighted by Crippen LogP contribution is -2.65. The van der Waals surface area contributed by atoms with Crippen molar-refractivity contribution in [2.24, 2.45) is 47.2 Å². The van der Waals surface area contributed by atoms with Crippen LogP contribution in [0.5, 0.6) is 0 Å². The summed E-state index contributed by atoms with van der Waals surface area (Å²) in [6, 6.07) is 16.7. The molecule has 2 heterocycles. The fraction of sp³-hybridized carbons (Fsp3) is 0.600. The third-order valence-electron chi connectivity index (χ3n) is 25.1.